The third kappa shape index (κ3) is 2.45. The molecule has 0 aliphatic rings. The molecule has 0 bridgehead atoms. The summed E-state index contributed by atoms with van der Waals surface area (Å²) in [6.07, 6.45) is 3.40. The van der Waals surface area contributed by atoms with Crippen molar-refractivity contribution in [1.82, 2.24) is 0 Å². The highest BCUT2D eigenvalue weighted by atomic mass is 16.4. The summed E-state index contributed by atoms with van der Waals surface area (Å²) in [5.41, 5.74) is 1.32. The van der Waals surface area contributed by atoms with E-state index in [1.165, 1.54) is 6.07 Å². The lowest BCUT2D eigenvalue weighted by Crippen LogP contribution is -2.36. The first-order valence-corrected chi connectivity index (χ1v) is 5.00. The van der Waals surface area contributed by atoms with Crippen LogP contribution in [0.3, 0.4) is 0 Å². The van der Waals surface area contributed by atoms with Crippen LogP contribution in [-0.2, 0) is 6.54 Å². The van der Waals surface area contributed by atoms with E-state index in [-0.39, 0.29) is 5.56 Å². The molecule has 3 nitrogen and oxygen atoms in total. The van der Waals surface area contributed by atoms with Gasteiger partial charge in [-0.3, -0.25) is 0 Å². The predicted molar refractivity (Wildman–Crippen MR) is 56.5 cm³/mol. The summed E-state index contributed by atoms with van der Waals surface area (Å²) >= 11 is 0. The van der Waals surface area contributed by atoms with E-state index in [0.717, 1.165) is 5.56 Å². The van der Waals surface area contributed by atoms with E-state index in [1.54, 1.807) is 12.3 Å². The summed E-state index contributed by atoms with van der Waals surface area (Å²) in [6, 6.07) is 13.1. The van der Waals surface area contributed by atoms with Crippen LogP contribution < -0.4 is 9.67 Å². The highest BCUT2D eigenvalue weighted by Gasteiger charge is 2.04. The number of aromatic nitrogens is 1. The molecule has 0 fully saturated rings. The van der Waals surface area contributed by atoms with Gasteiger partial charge < -0.3 is 9.90 Å². The number of aromatic carboxylic acids is 1. The van der Waals surface area contributed by atoms with E-state index in [0.29, 0.717) is 6.54 Å². The van der Waals surface area contributed by atoms with Gasteiger partial charge in [-0.2, -0.15) is 0 Å². The molecule has 2 aromatic rings. The maximum Gasteiger partial charge on any atom is 0.178 e. The van der Waals surface area contributed by atoms with Crippen LogP contribution in [0.25, 0.3) is 0 Å². The number of nitrogens with zero attached hydrogens (tertiary/aromatic N) is 1. The van der Waals surface area contributed by atoms with Gasteiger partial charge >= 0.3 is 0 Å². The minimum Gasteiger partial charge on any atom is -0.545 e. The fourth-order valence-corrected chi connectivity index (χ4v) is 1.54. The molecule has 16 heavy (non-hydrogen) atoms. The van der Waals surface area contributed by atoms with Crippen LogP contribution in [0.4, 0.5) is 0 Å². The molecule has 0 aliphatic heterocycles. The van der Waals surface area contributed by atoms with Gasteiger partial charge in [0.15, 0.2) is 18.9 Å². The van der Waals surface area contributed by atoms with Crippen molar-refractivity contribution in [1.29, 1.82) is 0 Å². The van der Waals surface area contributed by atoms with E-state index in [4.69, 9.17) is 0 Å². The minimum absolute atomic E-state index is 0.193. The molecular formula is C13H11NO2. The summed E-state index contributed by atoms with van der Waals surface area (Å²) in [7, 11) is 0. The molecule has 0 atom stereocenters. The molecule has 0 saturated carbocycles. The van der Waals surface area contributed by atoms with Crippen molar-refractivity contribution >= 4 is 5.97 Å². The zero-order valence-corrected chi connectivity index (χ0v) is 8.67. The van der Waals surface area contributed by atoms with Crippen molar-refractivity contribution < 1.29 is 14.5 Å². The molecule has 0 amide bonds. The van der Waals surface area contributed by atoms with Gasteiger partial charge in [0.2, 0.25) is 0 Å². The number of carbonyl (C=O) groups is 1. The van der Waals surface area contributed by atoms with Gasteiger partial charge in [-0.25, -0.2) is 4.57 Å². The number of hydrogen-bond donors (Lipinski definition) is 0. The minimum atomic E-state index is -1.15. The molecule has 3 heteroatoms. The summed E-state index contributed by atoms with van der Waals surface area (Å²) in [5.74, 6) is -1.15. The van der Waals surface area contributed by atoms with Gasteiger partial charge in [-0.05, 0) is 6.07 Å². The normalized spacial score (nSPS) is 10.0. The van der Waals surface area contributed by atoms with Gasteiger partial charge in [0.1, 0.15) is 0 Å². The van der Waals surface area contributed by atoms with Gasteiger partial charge in [0.25, 0.3) is 0 Å². The number of carbonyl (C=O) groups excluding carboxylic acids is 1. The van der Waals surface area contributed by atoms with E-state index in [9.17, 15) is 9.90 Å². The van der Waals surface area contributed by atoms with Crippen molar-refractivity contribution in [3.63, 3.8) is 0 Å². The standard InChI is InChI=1S/C13H11NO2/c15-13(16)12-7-4-8-14(10-12)9-11-5-2-1-3-6-11/h1-8,10H,9H2. The number of carboxylic acids is 1. The molecule has 0 saturated heterocycles. The lowest BCUT2D eigenvalue weighted by Gasteiger charge is -2.01. The summed E-state index contributed by atoms with van der Waals surface area (Å²) in [6.45, 7) is 0.655. The molecule has 1 aromatic carbocycles. The Hall–Kier alpha value is -2.16. The fourth-order valence-electron chi connectivity index (χ4n) is 1.54. The molecule has 0 radical (unpaired) electrons. The smallest absolute Gasteiger partial charge is 0.178 e. The van der Waals surface area contributed by atoms with Crippen LogP contribution in [0.15, 0.2) is 54.9 Å². The van der Waals surface area contributed by atoms with Crippen molar-refractivity contribution in [2.75, 3.05) is 0 Å². The largest absolute Gasteiger partial charge is 0.545 e. The molecule has 0 unspecified atom stereocenters. The number of hydrogen-bond acceptors (Lipinski definition) is 2. The number of pyridine rings is 1. The van der Waals surface area contributed by atoms with Gasteiger partial charge in [-0.1, -0.05) is 30.3 Å². The van der Waals surface area contributed by atoms with E-state index >= 15 is 0 Å². The topological polar surface area (TPSA) is 44.0 Å². The second-order valence-corrected chi connectivity index (χ2v) is 3.54. The molecule has 2 rings (SSSR count). The van der Waals surface area contributed by atoms with Crippen LogP contribution >= 0.6 is 0 Å². The first-order chi connectivity index (χ1) is 7.75. The Kier molecular flexibility index (Phi) is 2.96. The average molecular weight is 213 g/mol. The number of benzene rings is 1. The van der Waals surface area contributed by atoms with Crippen molar-refractivity contribution in [2.24, 2.45) is 0 Å². The van der Waals surface area contributed by atoms with Gasteiger partial charge in [0, 0.05) is 11.6 Å². The summed E-state index contributed by atoms with van der Waals surface area (Å²) in [4.78, 5) is 10.7. The maximum atomic E-state index is 10.7. The predicted octanol–water partition coefficient (Wildman–Crippen LogP) is 0.386. The molecule has 80 valence electrons. The van der Waals surface area contributed by atoms with Gasteiger partial charge in [-0.15, -0.1) is 0 Å². The monoisotopic (exact) mass is 213 g/mol. The van der Waals surface area contributed by atoms with Crippen molar-refractivity contribution in [3.8, 4) is 0 Å². The van der Waals surface area contributed by atoms with Crippen LogP contribution in [0.5, 0.6) is 0 Å². The van der Waals surface area contributed by atoms with E-state index in [2.05, 4.69) is 0 Å². The zero-order valence-electron chi connectivity index (χ0n) is 8.67. The molecule has 1 aromatic heterocycles. The molecule has 0 N–H and O–H groups in total. The van der Waals surface area contributed by atoms with Crippen molar-refractivity contribution in [3.05, 3.63) is 66.0 Å². The van der Waals surface area contributed by atoms with E-state index < -0.39 is 5.97 Å². The Labute approximate surface area is 93.6 Å². The lowest BCUT2D eigenvalue weighted by molar-refractivity contribution is -0.688. The quantitative estimate of drug-likeness (QED) is 0.692. The fraction of sp³-hybridized carbons (Fsp3) is 0.0769. The van der Waals surface area contributed by atoms with Gasteiger partial charge in [0.05, 0.1) is 11.5 Å². The Morgan fingerprint density at radius 3 is 2.56 bits per heavy atom. The number of carboxylic acid groups (broad SMARTS) is 1. The Morgan fingerprint density at radius 1 is 1.12 bits per heavy atom. The SMILES string of the molecule is O=C([O-])c1ccc[n+](Cc2ccccc2)c1. The first-order valence-electron chi connectivity index (χ1n) is 5.00. The van der Waals surface area contributed by atoms with Crippen LogP contribution in [-0.4, -0.2) is 5.97 Å². The zero-order chi connectivity index (χ0) is 11.4. The third-order valence-electron chi connectivity index (χ3n) is 2.30. The Balaban J connectivity index is 2.22. The third-order valence-corrected chi connectivity index (χ3v) is 2.30. The second kappa shape index (κ2) is 4.57. The Bertz CT molecular complexity index is 494. The summed E-state index contributed by atoms with van der Waals surface area (Å²) < 4.78 is 1.82. The molecule has 0 spiro atoms. The highest BCUT2D eigenvalue weighted by molar-refractivity contribution is 5.84. The molecular weight excluding hydrogens is 202 g/mol. The highest BCUT2D eigenvalue weighted by Crippen LogP contribution is 1.98. The maximum absolute atomic E-state index is 10.7. The van der Waals surface area contributed by atoms with E-state index in [1.807, 2.05) is 41.1 Å². The van der Waals surface area contributed by atoms with Crippen LogP contribution in [0.2, 0.25) is 0 Å². The number of rotatable bonds is 3. The Morgan fingerprint density at radius 2 is 1.88 bits per heavy atom. The molecule has 0 aliphatic carbocycles. The summed E-state index contributed by atoms with van der Waals surface area (Å²) in [5, 5.41) is 10.7. The average Bonchev–Trinajstić information content (AvgIpc) is 2.30. The van der Waals surface area contributed by atoms with Crippen molar-refractivity contribution in [2.45, 2.75) is 6.54 Å². The lowest BCUT2D eigenvalue weighted by atomic mass is 10.2. The molecule has 1 heterocycles. The van der Waals surface area contributed by atoms with Crippen LogP contribution in [0.1, 0.15) is 15.9 Å². The first kappa shape index (κ1) is 10.4. The second-order valence-electron chi connectivity index (χ2n) is 3.54. The van der Waals surface area contributed by atoms with Crippen LogP contribution in [0, 0.1) is 0 Å².